The number of aromatic nitrogens is 1. The predicted molar refractivity (Wildman–Crippen MR) is 90.8 cm³/mol. The van der Waals surface area contributed by atoms with Crippen LogP contribution >= 0.6 is 46.1 Å². The SMILES string of the molecule is O=C(CCCCCl)Nc1nc(-c2ccc(Cl)c(Cl)c2)cs1. The van der Waals surface area contributed by atoms with E-state index in [4.69, 9.17) is 34.8 Å². The van der Waals surface area contributed by atoms with Crippen molar-refractivity contribution < 1.29 is 4.79 Å². The molecule has 0 unspecified atom stereocenters. The second kappa shape index (κ2) is 7.99. The summed E-state index contributed by atoms with van der Waals surface area (Å²) >= 11 is 18.8. The van der Waals surface area contributed by atoms with Crippen molar-refractivity contribution in [3.63, 3.8) is 0 Å². The molecule has 0 spiro atoms. The Bertz CT molecular complexity index is 630. The lowest BCUT2D eigenvalue weighted by atomic mass is 10.2. The minimum Gasteiger partial charge on any atom is -0.302 e. The number of carbonyl (C=O) groups is 1. The Morgan fingerprint density at radius 1 is 1.24 bits per heavy atom. The molecule has 1 amide bonds. The van der Waals surface area contributed by atoms with E-state index in [0.29, 0.717) is 27.5 Å². The molecule has 1 heterocycles. The van der Waals surface area contributed by atoms with E-state index in [1.807, 2.05) is 11.4 Å². The van der Waals surface area contributed by atoms with Crippen molar-refractivity contribution in [3.05, 3.63) is 33.6 Å². The van der Waals surface area contributed by atoms with Crippen molar-refractivity contribution in [3.8, 4) is 11.3 Å². The Labute approximate surface area is 142 Å². The fraction of sp³-hybridized carbons (Fsp3) is 0.286. The second-order valence-electron chi connectivity index (χ2n) is 4.36. The van der Waals surface area contributed by atoms with Crippen LogP contribution in [0.15, 0.2) is 23.6 Å². The van der Waals surface area contributed by atoms with Crippen LogP contribution < -0.4 is 5.32 Å². The van der Waals surface area contributed by atoms with Gasteiger partial charge in [-0.15, -0.1) is 22.9 Å². The Morgan fingerprint density at radius 3 is 2.76 bits per heavy atom. The van der Waals surface area contributed by atoms with Gasteiger partial charge in [-0.1, -0.05) is 29.3 Å². The van der Waals surface area contributed by atoms with Gasteiger partial charge in [0.25, 0.3) is 0 Å². The summed E-state index contributed by atoms with van der Waals surface area (Å²) in [5.74, 6) is 0.529. The number of rotatable bonds is 6. The fourth-order valence-corrected chi connectivity index (χ4v) is 2.90. The average molecular weight is 364 g/mol. The number of halogens is 3. The summed E-state index contributed by atoms with van der Waals surface area (Å²) in [7, 11) is 0. The van der Waals surface area contributed by atoms with Gasteiger partial charge in [-0.25, -0.2) is 4.98 Å². The molecule has 3 nitrogen and oxygen atoms in total. The van der Waals surface area contributed by atoms with E-state index < -0.39 is 0 Å². The quantitative estimate of drug-likeness (QED) is 0.546. The normalized spacial score (nSPS) is 10.6. The Kier molecular flexibility index (Phi) is 6.30. The van der Waals surface area contributed by atoms with Crippen molar-refractivity contribution in [2.75, 3.05) is 11.2 Å². The molecule has 0 saturated heterocycles. The molecular weight excluding hydrogens is 351 g/mol. The maximum atomic E-state index is 11.7. The van der Waals surface area contributed by atoms with Crippen molar-refractivity contribution in [2.24, 2.45) is 0 Å². The lowest BCUT2D eigenvalue weighted by Crippen LogP contribution is -2.10. The lowest BCUT2D eigenvalue weighted by Gasteiger charge is -2.01. The van der Waals surface area contributed by atoms with Gasteiger partial charge >= 0.3 is 0 Å². The van der Waals surface area contributed by atoms with Crippen LogP contribution in [0.2, 0.25) is 10.0 Å². The molecule has 1 N–H and O–H groups in total. The molecule has 1 aromatic carbocycles. The molecule has 2 rings (SSSR count). The highest BCUT2D eigenvalue weighted by molar-refractivity contribution is 7.14. The van der Waals surface area contributed by atoms with Crippen LogP contribution in [0.4, 0.5) is 5.13 Å². The first-order valence-electron chi connectivity index (χ1n) is 6.37. The third-order valence-corrected chi connectivity index (χ3v) is 4.52. The Hall–Kier alpha value is -0.810. The summed E-state index contributed by atoms with van der Waals surface area (Å²) in [4.78, 5) is 16.1. The summed E-state index contributed by atoms with van der Waals surface area (Å²) < 4.78 is 0. The zero-order valence-electron chi connectivity index (χ0n) is 11.0. The highest BCUT2D eigenvalue weighted by atomic mass is 35.5. The topological polar surface area (TPSA) is 42.0 Å². The van der Waals surface area contributed by atoms with E-state index in [1.54, 1.807) is 12.1 Å². The molecule has 0 fully saturated rings. The van der Waals surface area contributed by atoms with E-state index in [2.05, 4.69) is 10.3 Å². The predicted octanol–water partition coefficient (Wildman–Crippen LogP) is 5.46. The highest BCUT2D eigenvalue weighted by Crippen LogP contribution is 2.30. The van der Waals surface area contributed by atoms with Gasteiger partial charge in [-0.2, -0.15) is 0 Å². The zero-order valence-corrected chi connectivity index (χ0v) is 14.1. The number of unbranched alkanes of at least 4 members (excludes halogenated alkanes) is 1. The smallest absolute Gasteiger partial charge is 0.226 e. The molecule has 0 atom stereocenters. The number of thiazole rings is 1. The third kappa shape index (κ3) is 4.85. The van der Waals surface area contributed by atoms with Crippen LogP contribution in [0.5, 0.6) is 0 Å². The Balaban J connectivity index is 2.00. The summed E-state index contributed by atoms with van der Waals surface area (Å²) in [6, 6.07) is 5.32. The van der Waals surface area contributed by atoms with Gasteiger partial charge in [-0.3, -0.25) is 4.79 Å². The number of hydrogen-bond donors (Lipinski definition) is 1. The summed E-state index contributed by atoms with van der Waals surface area (Å²) in [5, 5.41) is 6.21. The molecule has 0 aliphatic carbocycles. The zero-order chi connectivity index (χ0) is 15.2. The van der Waals surface area contributed by atoms with Crippen LogP contribution in [0.3, 0.4) is 0 Å². The van der Waals surface area contributed by atoms with Crippen LogP contribution in [0.1, 0.15) is 19.3 Å². The van der Waals surface area contributed by atoms with Crippen molar-refractivity contribution in [1.82, 2.24) is 4.98 Å². The maximum absolute atomic E-state index is 11.7. The largest absolute Gasteiger partial charge is 0.302 e. The van der Waals surface area contributed by atoms with Gasteiger partial charge < -0.3 is 5.32 Å². The van der Waals surface area contributed by atoms with Gasteiger partial charge in [0.05, 0.1) is 15.7 Å². The van der Waals surface area contributed by atoms with E-state index in [1.165, 1.54) is 11.3 Å². The van der Waals surface area contributed by atoms with Crippen LogP contribution in [0, 0.1) is 0 Å². The number of benzene rings is 1. The minimum atomic E-state index is -0.0462. The first kappa shape index (κ1) is 16.6. The molecule has 1 aromatic heterocycles. The number of alkyl halides is 1. The highest BCUT2D eigenvalue weighted by Gasteiger charge is 2.09. The molecule has 0 aliphatic rings. The second-order valence-corrected chi connectivity index (χ2v) is 6.41. The molecule has 112 valence electrons. The molecule has 0 bridgehead atoms. The van der Waals surface area contributed by atoms with Crippen LogP contribution in [0.25, 0.3) is 11.3 Å². The van der Waals surface area contributed by atoms with Crippen molar-refractivity contribution in [2.45, 2.75) is 19.3 Å². The molecule has 7 heteroatoms. The minimum absolute atomic E-state index is 0.0462. The van der Waals surface area contributed by atoms with Crippen LogP contribution in [-0.4, -0.2) is 16.8 Å². The fourth-order valence-electron chi connectivity index (χ4n) is 1.68. The first-order chi connectivity index (χ1) is 10.1. The van der Waals surface area contributed by atoms with Crippen molar-refractivity contribution in [1.29, 1.82) is 0 Å². The van der Waals surface area contributed by atoms with Crippen LogP contribution in [-0.2, 0) is 4.79 Å². The van der Waals surface area contributed by atoms with Gasteiger partial charge in [0.2, 0.25) is 5.91 Å². The van der Waals surface area contributed by atoms with E-state index in [0.717, 1.165) is 24.1 Å². The van der Waals surface area contributed by atoms with E-state index >= 15 is 0 Å². The van der Waals surface area contributed by atoms with Gasteiger partial charge in [0.1, 0.15) is 0 Å². The van der Waals surface area contributed by atoms with E-state index in [9.17, 15) is 4.79 Å². The molecular formula is C14H13Cl3N2OS. The number of hydrogen-bond acceptors (Lipinski definition) is 3. The number of carbonyl (C=O) groups excluding carboxylic acids is 1. The molecule has 0 saturated carbocycles. The van der Waals surface area contributed by atoms with E-state index in [-0.39, 0.29) is 5.91 Å². The number of nitrogens with zero attached hydrogens (tertiary/aromatic N) is 1. The molecule has 21 heavy (non-hydrogen) atoms. The molecule has 0 aliphatic heterocycles. The standard InChI is InChI=1S/C14H13Cl3N2OS/c15-6-2-1-3-13(20)19-14-18-12(8-21-14)9-4-5-10(16)11(17)7-9/h4-5,7-8H,1-3,6H2,(H,18,19,20). The number of amides is 1. The first-order valence-corrected chi connectivity index (χ1v) is 8.54. The van der Waals surface area contributed by atoms with Crippen molar-refractivity contribution >= 4 is 57.2 Å². The monoisotopic (exact) mass is 362 g/mol. The number of nitrogens with one attached hydrogen (secondary N) is 1. The van der Waals surface area contributed by atoms with Gasteiger partial charge in [0, 0.05) is 23.2 Å². The number of anilines is 1. The summed E-state index contributed by atoms with van der Waals surface area (Å²) in [5.41, 5.74) is 1.62. The third-order valence-electron chi connectivity index (χ3n) is 2.75. The maximum Gasteiger partial charge on any atom is 0.226 e. The van der Waals surface area contributed by atoms with Gasteiger partial charge in [0.15, 0.2) is 5.13 Å². The lowest BCUT2D eigenvalue weighted by molar-refractivity contribution is -0.116. The summed E-state index contributed by atoms with van der Waals surface area (Å²) in [6.07, 6.45) is 2.07. The summed E-state index contributed by atoms with van der Waals surface area (Å²) in [6.45, 7) is 0. The molecule has 2 aromatic rings. The van der Waals surface area contributed by atoms with Gasteiger partial charge in [-0.05, 0) is 25.0 Å². The molecule has 0 radical (unpaired) electrons. The average Bonchev–Trinajstić information content (AvgIpc) is 2.90. The Morgan fingerprint density at radius 2 is 2.05 bits per heavy atom.